The average Bonchev–Trinajstić information content (AvgIpc) is 2.70. The Morgan fingerprint density at radius 3 is 2.43 bits per heavy atom. The van der Waals surface area contributed by atoms with E-state index in [9.17, 15) is 18.8 Å². The third-order valence-electron chi connectivity index (χ3n) is 3.20. The Bertz CT molecular complexity index is 800. The molecule has 5 nitrogen and oxygen atoms in total. The third-order valence-corrected chi connectivity index (χ3v) is 3.20. The number of anilines is 1. The molecule has 0 radical (unpaired) electrons. The molecule has 2 amide bonds. The lowest BCUT2D eigenvalue weighted by atomic mass is 10.1. The number of amides is 2. The third kappa shape index (κ3) is 1.97. The standard InChI is InChI=1S/C15H8FNO4/c16-9-4-5-11-12(7-9)14(19)17(13(11)18)10-3-1-2-8(6-10)15(20)21/h1-7H,(H,20,21). The fraction of sp³-hybridized carbons (Fsp3) is 0. The number of carboxylic acids is 1. The number of hydrogen-bond donors (Lipinski definition) is 1. The highest BCUT2D eigenvalue weighted by molar-refractivity contribution is 6.34. The zero-order valence-electron chi connectivity index (χ0n) is 10.5. The van der Waals surface area contributed by atoms with Crippen LogP contribution in [0.4, 0.5) is 10.1 Å². The average molecular weight is 285 g/mol. The fourth-order valence-corrected chi connectivity index (χ4v) is 2.23. The molecule has 1 heterocycles. The summed E-state index contributed by atoms with van der Waals surface area (Å²) in [5, 5.41) is 8.96. The van der Waals surface area contributed by atoms with Gasteiger partial charge in [0, 0.05) is 0 Å². The minimum Gasteiger partial charge on any atom is -0.478 e. The highest BCUT2D eigenvalue weighted by Crippen LogP contribution is 2.29. The first-order chi connectivity index (χ1) is 9.99. The molecule has 0 fully saturated rings. The molecule has 2 aromatic rings. The summed E-state index contributed by atoms with van der Waals surface area (Å²) in [6, 6.07) is 8.79. The van der Waals surface area contributed by atoms with Crippen molar-refractivity contribution in [1.82, 2.24) is 0 Å². The maximum absolute atomic E-state index is 13.2. The summed E-state index contributed by atoms with van der Waals surface area (Å²) in [6.45, 7) is 0. The van der Waals surface area contributed by atoms with Gasteiger partial charge in [0.15, 0.2) is 0 Å². The van der Waals surface area contributed by atoms with E-state index < -0.39 is 23.6 Å². The minimum absolute atomic E-state index is 0.0271. The molecule has 0 aliphatic carbocycles. The second-order valence-corrected chi connectivity index (χ2v) is 4.49. The lowest BCUT2D eigenvalue weighted by Gasteiger charge is -2.14. The minimum atomic E-state index is -1.17. The fourth-order valence-electron chi connectivity index (χ4n) is 2.23. The molecule has 1 N–H and O–H groups in total. The first kappa shape index (κ1) is 13.0. The van der Waals surface area contributed by atoms with Gasteiger partial charge in [-0.3, -0.25) is 9.59 Å². The van der Waals surface area contributed by atoms with E-state index in [4.69, 9.17) is 5.11 Å². The van der Waals surface area contributed by atoms with E-state index in [0.29, 0.717) is 0 Å². The Hall–Kier alpha value is -3.02. The van der Waals surface area contributed by atoms with Gasteiger partial charge in [-0.05, 0) is 36.4 Å². The quantitative estimate of drug-likeness (QED) is 0.859. The molecule has 0 saturated heterocycles. The number of imide groups is 1. The Morgan fingerprint density at radius 1 is 1.00 bits per heavy atom. The van der Waals surface area contributed by atoms with Crippen molar-refractivity contribution in [2.75, 3.05) is 4.90 Å². The normalized spacial score (nSPS) is 13.5. The number of halogens is 1. The predicted molar refractivity (Wildman–Crippen MR) is 70.9 cm³/mol. The summed E-state index contributed by atoms with van der Waals surface area (Å²) in [6.07, 6.45) is 0. The molecule has 1 aliphatic heterocycles. The molecule has 6 heteroatoms. The number of rotatable bonds is 2. The maximum atomic E-state index is 13.2. The van der Waals surface area contributed by atoms with Crippen LogP contribution in [0.3, 0.4) is 0 Å². The summed E-state index contributed by atoms with van der Waals surface area (Å²) < 4.78 is 13.2. The van der Waals surface area contributed by atoms with E-state index in [2.05, 4.69) is 0 Å². The Morgan fingerprint density at radius 2 is 1.71 bits per heavy atom. The van der Waals surface area contributed by atoms with Gasteiger partial charge in [-0.15, -0.1) is 0 Å². The Balaban J connectivity index is 2.10. The molecule has 0 spiro atoms. The highest BCUT2D eigenvalue weighted by atomic mass is 19.1. The summed E-state index contributed by atoms with van der Waals surface area (Å²) >= 11 is 0. The number of carbonyl (C=O) groups excluding carboxylic acids is 2. The van der Waals surface area contributed by atoms with E-state index in [1.807, 2.05) is 0 Å². The number of carboxylic acid groups (broad SMARTS) is 1. The zero-order valence-corrected chi connectivity index (χ0v) is 10.5. The molecule has 0 saturated carbocycles. The number of hydrogen-bond acceptors (Lipinski definition) is 3. The topological polar surface area (TPSA) is 74.7 Å². The summed E-state index contributed by atoms with van der Waals surface area (Å²) in [4.78, 5) is 36.3. The second kappa shape index (κ2) is 4.52. The van der Waals surface area contributed by atoms with Crippen LogP contribution in [-0.4, -0.2) is 22.9 Å². The molecule has 0 aromatic heterocycles. The molecule has 104 valence electrons. The van der Waals surface area contributed by atoms with Crippen LogP contribution in [0.2, 0.25) is 0 Å². The molecule has 3 rings (SSSR count). The van der Waals surface area contributed by atoms with Gasteiger partial charge in [-0.2, -0.15) is 0 Å². The van der Waals surface area contributed by atoms with Crippen molar-refractivity contribution >= 4 is 23.5 Å². The largest absolute Gasteiger partial charge is 0.478 e. The molecule has 0 bridgehead atoms. The maximum Gasteiger partial charge on any atom is 0.335 e. The smallest absolute Gasteiger partial charge is 0.335 e. The Kier molecular flexibility index (Phi) is 2.79. The van der Waals surface area contributed by atoms with Crippen molar-refractivity contribution in [3.63, 3.8) is 0 Å². The molecular weight excluding hydrogens is 277 g/mol. The second-order valence-electron chi connectivity index (χ2n) is 4.49. The van der Waals surface area contributed by atoms with Gasteiger partial charge in [0.1, 0.15) is 5.82 Å². The molecular formula is C15H8FNO4. The molecule has 1 aliphatic rings. The van der Waals surface area contributed by atoms with E-state index >= 15 is 0 Å². The van der Waals surface area contributed by atoms with E-state index in [1.165, 1.54) is 30.3 Å². The first-order valence-corrected chi connectivity index (χ1v) is 6.01. The number of benzene rings is 2. The van der Waals surface area contributed by atoms with Gasteiger partial charge < -0.3 is 5.11 Å². The van der Waals surface area contributed by atoms with Crippen LogP contribution in [0.15, 0.2) is 42.5 Å². The number of carbonyl (C=O) groups is 3. The van der Waals surface area contributed by atoms with Crippen LogP contribution in [0.25, 0.3) is 0 Å². The van der Waals surface area contributed by atoms with Crippen molar-refractivity contribution in [3.8, 4) is 0 Å². The van der Waals surface area contributed by atoms with Crippen molar-refractivity contribution in [2.24, 2.45) is 0 Å². The van der Waals surface area contributed by atoms with Crippen LogP contribution in [0.5, 0.6) is 0 Å². The van der Waals surface area contributed by atoms with Crippen molar-refractivity contribution < 1.29 is 23.9 Å². The molecule has 2 aromatic carbocycles. The predicted octanol–water partition coefficient (Wildman–Crippen LogP) is 2.32. The number of aromatic carboxylic acids is 1. The van der Waals surface area contributed by atoms with E-state index in [-0.39, 0.29) is 22.4 Å². The lowest BCUT2D eigenvalue weighted by molar-refractivity contribution is 0.0695. The van der Waals surface area contributed by atoms with Gasteiger partial charge in [-0.25, -0.2) is 14.1 Å². The van der Waals surface area contributed by atoms with Crippen LogP contribution < -0.4 is 4.90 Å². The van der Waals surface area contributed by atoms with Crippen molar-refractivity contribution in [1.29, 1.82) is 0 Å². The van der Waals surface area contributed by atoms with Gasteiger partial charge in [0.05, 0.1) is 22.4 Å². The van der Waals surface area contributed by atoms with Gasteiger partial charge in [-0.1, -0.05) is 6.07 Å². The van der Waals surface area contributed by atoms with Crippen molar-refractivity contribution in [2.45, 2.75) is 0 Å². The van der Waals surface area contributed by atoms with Gasteiger partial charge in [0.2, 0.25) is 0 Å². The van der Waals surface area contributed by atoms with Crippen LogP contribution in [-0.2, 0) is 0 Å². The monoisotopic (exact) mass is 285 g/mol. The summed E-state index contributed by atoms with van der Waals surface area (Å²) in [5.41, 5.74) is 0.166. The lowest BCUT2D eigenvalue weighted by Crippen LogP contribution is -2.29. The Labute approximate surface area is 118 Å². The van der Waals surface area contributed by atoms with Crippen LogP contribution in [0, 0.1) is 5.82 Å². The zero-order chi connectivity index (χ0) is 15.1. The van der Waals surface area contributed by atoms with E-state index in [0.717, 1.165) is 17.0 Å². The molecule has 0 unspecified atom stereocenters. The first-order valence-electron chi connectivity index (χ1n) is 6.01. The van der Waals surface area contributed by atoms with E-state index in [1.54, 1.807) is 0 Å². The molecule has 21 heavy (non-hydrogen) atoms. The number of fused-ring (bicyclic) bond motifs is 1. The van der Waals surface area contributed by atoms with Crippen LogP contribution >= 0.6 is 0 Å². The summed E-state index contributed by atoms with van der Waals surface area (Å²) in [5.74, 6) is -3.05. The number of nitrogens with zero attached hydrogens (tertiary/aromatic N) is 1. The van der Waals surface area contributed by atoms with Gasteiger partial charge >= 0.3 is 5.97 Å². The SMILES string of the molecule is O=C(O)c1cccc(N2C(=O)c3ccc(F)cc3C2=O)c1. The van der Waals surface area contributed by atoms with Gasteiger partial charge in [0.25, 0.3) is 11.8 Å². The molecule has 0 atom stereocenters. The summed E-state index contributed by atoms with van der Waals surface area (Å²) in [7, 11) is 0. The van der Waals surface area contributed by atoms with Crippen molar-refractivity contribution in [3.05, 3.63) is 65.0 Å². The van der Waals surface area contributed by atoms with Crippen LogP contribution in [0.1, 0.15) is 31.1 Å². The highest BCUT2D eigenvalue weighted by Gasteiger charge is 2.37.